The van der Waals surface area contributed by atoms with E-state index >= 15 is 0 Å². The van der Waals surface area contributed by atoms with Crippen LogP contribution in [0.25, 0.3) is 22.3 Å². The van der Waals surface area contributed by atoms with Crippen LogP contribution >= 0.6 is 33.6 Å². The van der Waals surface area contributed by atoms with Crippen molar-refractivity contribution in [2.75, 3.05) is 56.5 Å². The Kier molecular flexibility index (Phi) is 24.5. The Balaban J connectivity index is 0.768. The quantitative estimate of drug-likeness (QED) is 0.0295. The minimum absolute atomic E-state index is 0.0176. The SMILES string of the molecule is CC[C@H]1O[C@@H](n2cc(C)c(=O)[nH]c2=O)C[C@H]1OP(O)(=S)OC[C@H]1O[C@@H](n2cnc3c(N)ncnc32)C[C@H]1OP(O)(=S)OC[C@H]1O[C@@H](n2cnc3c(=O)[nH]c(N)nc32)C[C@H]1OP(O)(=S)OC[C@H]1O[C@@H](n2cc(C)c(N)nc2=O)C(C)[C@H]1OP(O)(=S)OC[C@H]1O[C@@H](n2cc(C)c(N)nc2=O)C(C)[C@H]1OP(O)(=S)OC. The first-order valence-electron chi connectivity index (χ1n) is 32.4. The number of nitrogen functional groups attached to an aromatic ring is 4. The van der Waals surface area contributed by atoms with E-state index in [2.05, 4.69) is 44.9 Å². The molecule has 7 aromatic heterocycles. The molecule has 5 aliphatic rings. The van der Waals surface area contributed by atoms with E-state index in [1.54, 1.807) is 34.6 Å². The normalized spacial score (nSPS) is 30.4. The van der Waals surface area contributed by atoms with Gasteiger partial charge in [0.15, 0.2) is 22.6 Å². The summed E-state index contributed by atoms with van der Waals surface area (Å²) in [5.74, 6) is -2.03. The second-order valence-corrected chi connectivity index (χ2v) is 39.5. The number of aryl methyl sites for hydroxylation is 3. The smallest absolute Gasteiger partial charge is 0.351 e. The molecule has 12 rings (SSSR count). The van der Waals surface area contributed by atoms with Gasteiger partial charge < -0.3 is 116 Å². The summed E-state index contributed by atoms with van der Waals surface area (Å²) in [6.07, 6.45) is -9.44. The molecule has 0 amide bonds. The summed E-state index contributed by atoms with van der Waals surface area (Å²) in [6, 6.07) is 0. The number of nitrogens with one attached hydrogen (secondary N) is 2. The Labute approximate surface area is 630 Å². The van der Waals surface area contributed by atoms with Gasteiger partial charge in [0.05, 0.1) is 63.5 Å². The van der Waals surface area contributed by atoms with Crippen LogP contribution in [0.15, 0.2) is 61.5 Å². The maximum absolute atomic E-state index is 13.5. The van der Waals surface area contributed by atoms with Crippen molar-refractivity contribution in [3.63, 3.8) is 0 Å². The van der Waals surface area contributed by atoms with Crippen molar-refractivity contribution in [1.82, 2.24) is 67.7 Å². The van der Waals surface area contributed by atoms with E-state index in [4.69, 9.17) is 151 Å². The van der Waals surface area contributed by atoms with E-state index in [1.165, 1.54) is 62.8 Å². The van der Waals surface area contributed by atoms with Gasteiger partial charge in [-0.25, -0.2) is 34.3 Å². The first kappa shape index (κ1) is 81.5. The molecule has 15 N–H and O–H groups in total. The predicted molar refractivity (Wildman–Crippen MR) is 393 cm³/mol. The van der Waals surface area contributed by atoms with E-state index in [1.807, 2.05) is 0 Å². The van der Waals surface area contributed by atoms with Gasteiger partial charge in [0.25, 0.3) is 11.1 Å². The number of hydrogen-bond acceptors (Lipinski definition) is 36. The van der Waals surface area contributed by atoms with Crippen LogP contribution < -0.4 is 51.1 Å². The standard InChI is InChI=1S/C54H75N18O25P5S5/c1-8-27-28(9-35(88-27)68-14-24(4)47(73)67-54(68)77)93-99(79,104)84-15-31-29(10-36(89-31)71-20-61-38-44(57)59-19-60-45(38)71)94-100(80,105)85-16-32-30(11-37(90-32)72-21-62-39-46(72)65-51(58)66-48(39)74)95-101(81,106)86-17-34-41(26(6)50(92-34)70-13-23(3)43(56)64-53(70)76)97-102(82,107)87-18-33-40(96-98(78,103)83-7)25(5)49(91-33)69-12-22(2)42(55)63-52(69)75/h12-14,19-21,25-37,40-41,49-50H,8-11,15-18H2,1-7H3,(H,78,103)(H,79,104)(H,80,105)(H,81,106)(H,82,107)(H2,55,63,75)(H2,56,64,76)(H2,57,59,60)(H,67,73,77)(H3,58,65,66,74)/t25?,26?,27-,28-,29-,30-,31-,32-,33-,34-,35-,36-,37-,40-,41-,49-,50-,98?,99?,100?,101?,102?/m1/s1. The topological polar surface area (TPSA) is 575 Å². The number of aromatic nitrogens is 14. The minimum Gasteiger partial charge on any atom is -0.383 e. The molecule has 7 unspecified atom stereocenters. The summed E-state index contributed by atoms with van der Waals surface area (Å²) in [5.41, 5.74) is 21.8. The van der Waals surface area contributed by atoms with Gasteiger partial charge >= 0.3 is 50.7 Å². The molecule has 0 aliphatic carbocycles. The Morgan fingerprint density at radius 3 is 1.40 bits per heavy atom. The van der Waals surface area contributed by atoms with Crippen LogP contribution in [0.5, 0.6) is 0 Å². The maximum atomic E-state index is 13.5. The number of H-pyrrole nitrogens is 2. The Morgan fingerprint density at radius 2 is 0.916 bits per heavy atom. The minimum atomic E-state index is -4.62. The lowest BCUT2D eigenvalue weighted by Gasteiger charge is -2.29. The summed E-state index contributed by atoms with van der Waals surface area (Å²) in [7, 11) is 1.14. The van der Waals surface area contributed by atoms with Gasteiger partial charge in [-0.3, -0.25) is 42.4 Å². The monoisotopic (exact) mass is 1690 g/mol. The molecule has 107 heavy (non-hydrogen) atoms. The number of ether oxygens (including phenoxy) is 5. The lowest BCUT2D eigenvalue weighted by atomic mass is 10.0. The number of nitrogens with zero attached hydrogens (tertiary/aromatic N) is 12. The van der Waals surface area contributed by atoms with Gasteiger partial charge in [-0.2, -0.15) is 15.0 Å². The van der Waals surface area contributed by atoms with E-state index < -0.39 is 192 Å². The molecule has 5 fully saturated rings. The van der Waals surface area contributed by atoms with E-state index in [9.17, 15) is 48.4 Å². The second kappa shape index (κ2) is 32.2. The lowest BCUT2D eigenvalue weighted by Crippen LogP contribution is -2.34. The number of imidazole rings is 2. The second-order valence-electron chi connectivity index (χ2n) is 25.5. The van der Waals surface area contributed by atoms with Crippen LogP contribution in [0, 0.1) is 32.6 Å². The number of nitrogens with two attached hydrogens (primary N) is 4. The summed E-state index contributed by atoms with van der Waals surface area (Å²) in [4.78, 5) is 157. The highest BCUT2D eigenvalue weighted by atomic mass is 32.5. The number of aromatic amines is 2. The fourth-order valence-electron chi connectivity index (χ4n) is 12.8. The lowest BCUT2D eigenvalue weighted by molar-refractivity contribution is -0.0565. The Hall–Kier alpha value is -5.01. The van der Waals surface area contributed by atoms with Gasteiger partial charge in [0, 0.05) is 73.5 Å². The first-order chi connectivity index (χ1) is 50.3. The predicted octanol–water partition coefficient (Wildman–Crippen LogP) is 1.34. The summed E-state index contributed by atoms with van der Waals surface area (Å²) in [5, 5.41) is 0. The van der Waals surface area contributed by atoms with Crippen LogP contribution in [0.1, 0.15) is 94.3 Å². The molecular formula is C54H75N18O25P5S5. The molecule has 586 valence electrons. The number of fused-ring (bicyclic) bond motifs is 2. The highest BCUT2D eigenvalue weighted by Gasteiger charge is 2.52. The average molecular weight is 1690 g/mol. The summed E-state index contributed by atoms with van der Waals surface area (Å²) >= 11 is 27.7. The molecule has 0 radical (unpaired) electrons. The van der Waals surface area contributed by atoms with Gasteiger partial charge in [-0.1, -0.05) is 20.8 Å². The van der Waals surface area contributed by atoms with E-state index in [0.717, 1.165) is 11.7 Å². The third kappa shape index (κ3) is 18.2. The highest BCUT2D eigenvalue weighted by Crippen LogP contribution is 2.57. The molecule has 0 saturated carbocycles. The maximum Gasteiger partial charge on any atom is 0.351 e. The van der Waals surface area contributed by atoms with Crippen LogP contribution in [0.4, 0.5) is 23.4 Å². The molecule has 12 heterocycles. The van der Waals surface area contributed by atoms with Gasteiger partial charge in [0.1, 0.15) is 91.2 Å². The molecule has 22 atom stereocenters. The van der Waals surface area contributed by atoms with Crippen LogP contribution in [0.2, 0.25) is 0 Å². The van der Waals surface area contributed by atoms with Crippen molar-refractivity contribution in [2.45, 2.75) is 159 Å². The van der Waals surface area contributed by atoms with Crippen LogP contribution in [-0.2, 0) is 128 Å². The van der Waals surface area contributed by atoms with Crippen molar-refractivity contribution < 1.29 is 93.4 Å². The third-order valence-electron chi connectivity index (χ3n) is 18.2. The van der Waals surface area contributed by atoms with Crippen LogP contribution in [-0.4, -0.2) is 187 Å². The number of rotatable bonds is 29. The van der Waals surface area contributed by atoms with Crippen molar-refractivity contribution in [3.05, 3.63) is 106 Å². The Morgan fingerprint density at radius 1 is 0.495 bits per heavy atom. The highest BCUT2D eigenvalue weighted by molar-refractivity contribution is 8.08. The number of hydrogen-bond donors (Lipinski definition) is 11. The van der Waals surface area contributed by atoms with Gasteiger partial charge in [-0.05, 0) is 86.2 Å². The fourth-order valence-corrected chi connectivity index (χ4v) is 19.8. The molecule has 7 aromatic rings. The van der Waals surface area contributed by atoms with Crippen molar-refractivity contribution in [2.24, 2.45) is 11.8 Å². The zero-order chi connectivity index (χ0) is 77.3. The largest absolute Gasteiger partial charge is 0.383 e. The molecule has 0 spiro atoms. The molecular weight excluding hydrogens is 1620 g/mol. The average Bonchev–Trinajstić information content (AvgIpc) is 1.65. The fraction of sp³-hybridized carbons (Fsp3) is 0.593. The molecule has 0 aromatic carbocycles. The van der Waals surface area contributed by atoms with Gasteiger partial charge in [0.2, 0.25) is 5.95 Å². The molecule has 0 bridgehead atoms. The zero-order valence-electron chi connectivity index (χ0n) is 57.3. The first-order valence-corrected chi connectivity index (χ1v) is 45.4. The van der Waals surface area contributed by atoms with E-state index in [-0.39, 0.29) is 70.6 Å². The van der Waals surface area contributed by atoms with E-state index in [0.29, 0.717) is 17.5 Å². The zero-order valence-corrected chi connectivity index (χ0v) is 65.8. The van der Waals surface area contributed by atoms with Crippen molar-refractivity contribution in [3.8, 4) is 0 Å². The molecule has 43 nitrogen and oxygen atoms in total. The van der Waals surface area contributed by atoms with Gasteiger partial charge in [-0.15, -0.1) is 0 Å². The number of anilines is 4. The molecule has 5 aliphatic heterocycles. The van der Waals surface area contributed by atoms with Crippen LogP contribution in [0.3, 0.4) is 0 Å². The summed E-state index contributed by atoms with van der Waals surface area (Å²) in [6.45, 7) is -14.7. The van der Waals surface area contributed by atoms with Crippen molar-refractivity contribution >= 4 is 138 Å². The van der Waals surface area contributed by atoms with Crippen molar-refractivity contribution in [1.29, 1.82) is 0 Å². The molecule has 5 saturated heterocycles. The Bertz CT molecular complexity index is 5100. The third-order valence-corrected chi connectivity index (χ3v) is 26.2. The summed E-state index contributed by atoms with van der Waals surface area (Å²) < 4.78 is 97.8. The molecule has 53 heteroatoms.